The molecular weight excluding hydrogens is 545 g/mol. The number of nitrogens with zero attached hydrogens (tertiary/aromatic N) is 14. The van der Waals surface area contributed by atoms with E-state index >= 15 is 0 Å². The van der Waals surface area contributed by atoms with E-state index in [2.05, 4.69) is 59.8 Å². The summed E-state index contributed by atoms with van der Waals surface area (Å²) in [5.74, 6) is 1.32. The number of aromatic nitrogens is 8. The lowest BCUT2D eigenvalue weighted by Gasteiger charge is -1.90. The molecular formula is C16H2N16S4. The minimum atomic E-state index is 0.320. The monoisotopic (exact) mass is 546 g/mol. The molecule has 0 amide bonds. The number of H-pyrrole nitrogens is 2. The van der Waals surface area contributed by atoms with Gasteiger partial charge in [0.15, 0.2) is 91.4 Å². The second-order valence-corrected chi connectivity index (χ2v) is 9.57. The van der Waals surface area contributed by atoms with Crippen LogP contribution in [0, 0.1) is 0 Å². The Morgan fingerprint density at radius 2 is 0.639 bits per heavy atom. The van der Waals surface area contributed by atoms with Crippen LogP contribution in [0.5, 0.6) is 0 Å². The van der Waals surface area contributed by atoms with Gasteiger partial charge in [0.2, 0.25) is 0 Å². The summed E-state index contributed by atoms with van der Waals surface area (Å²) in [6, 6.07) is 0. The van der Waals surface area contributed by atoms with Crippen molar-refractivity contribution < 1.29 is 0 Å². The van der Waals surface area contributed by atoms with Crippen LogP contribution in [-0.2, 0) is 45.4 Å². The largest absolute Gasteiger partial charge is 0.321 e. The van der Waals surface area contributed by atoms with E-state index in [9.17, 15) is 0 Å². The quantitative estimate of drug-likeness (QED) is 0.294. The molecule has 6 aliphatic rings. The molecule has 0 aliphatic carbocycles. The van der Waals surface area contributed by atoms with Gasteiger partial charge in [0.1, 0.15) is 0 Å². The highest BCUT2D eigenvalue weighted by Gasteiger charge is 2.30. The van der Waals surface area contributed by atoms with Crippen LogP contribution in [0.4, 0.5) is 22.7 Å². The minimum Gasteiger partial charge on any atom is -0.321 e. The van der Waals surface area contributed by atoms with Gasteiger partial charge in [-0.05, 0) is 0 Å². The van der Waals surface area contributed by atoms with Crippen molar-refractivity contribution in [3.05, 3.63) is 23.3 Å². The van der Waals surface area contributed by atoms with Crippen LogP contribution in [0.2, 0.25) is 0 Å². The molecule has 0 saturated heterocycles. The standard InChI is InChI=1S/C16H2N16S4/c17-9-1-2(26-33-25-1)10(17)22-12-5-6(30-35-29-5)14(19-12)24-16-8-7(31-36-32-8)15(20-16)23-13-4-3(27-34-28-4)11(18-13)21-9/h(H2,17,18,19,20,21,22,23,24). The Morgan fingerprint density at radius 3 is 1.03 bits per heavy atom. The molecule has 0 unspecified atom stereocenters. The third-order valence-electron chi connectivity index (χ3n) is 5.47. The van der Waals surface area contributed by atoms with Gasteiger partial charge in [-0.15, -0.1) is 0 Å². The van der Waals surface area contributed by atoms with Crippen LogP contribution < -0.4 is 0 Å². The van der Waals surface area contributed by atoms with Gasteiger partial charge >= 0.3 is 0 Å². The topological polar surface area (TPSA) is 208 Å². The van der Waals surface area contributed by atoms with Gasteiger partial charge in [-0.1, -0.05) is 0 Å². The Labute approximate surface area is 211 Å². The van der Waals surface area contributed by atoms with E-state index in [0.29, 0.717) is 91.4 Å². The molecule has 3 aromatic heterocycles. The van der Waals surface area contributed by atoms with Gasteiger partial charge in [-0.3, -0.25) is 0 Å². The maximum Gasteiger partial charge on any atom is 0.186 e. The third-order valence-corrected chi connectivity index (χ3v) is 7.58. The van der Waals surface area contributed by atoms with E-state index in [4.69, 9.17) is 15.0 Å². The van der Waals surface area contributed by atoms with E-state index in [1.165, 1.54) is 0 Å². The number of fused-ring (bicyclic) bond motifs is 18. The normalized spacial score (nSPS) is 17.1. The van der Waals surface area contributed by atoms with Gasteiger partial charge in [0.05, 0.1) is 45.4 Å². The number of rotatable bonds is 0. The summed E-state index contributed by atoms with van der Waals surface area (Å²) in [6.07, 6.45) is 0. The number of hydrogen-bond donors (Lipinski definition) is 2. The first-order chi connectivity index (χ1) is 17.8. The van der Waals surface area contributed by atoms with Crippen molar-refractivity contribution in [1.29, 1.82) is 0 Å². The van der Waals surface area contributed by atoms with E-state index in [1.807, 2.05) is 0 Å². The van der Waals surface area contributed by atoms with E-state index in [0.717, 1.165) is 45.4 Å². The minimum absolute atomic E-state index is 0.320. The first-order valence-electron chi connectivity index (χ1n) is 9.93. The molecule has 0 fully saturated rings. The van der Waals surface area contributed by atoms with Crippen LogP contribution in [0.3, 0.4) is 0 Å². The molecule has 0 aromatic carbocycles. The molecule has 170 valence electrons. The van der Waals surface area contributed by atoms with E-state index in [-0.39, 0.29) is 0 Å². The fourth-order valence-corrected chi connectivity index (χ4v) is 6.08. The molecule has 6 aliphatic heterocycles. The fraction of sp³-hybridized carbons (Fsp3) is 0. The lowest BCUT2D eigenvalue weighted by Crippen LogP contribution is -1.91. The van der Waals surface area contributed by atoms with Crippen molar-refractivity contribution in [2.24, 2.45) is 34.9 Å². The Bertz CT molecular complexity index is 2050. The molecule has 3 aromatic rings. The Hall–Kier alpha value is -4.40. The van der Waals surface area contributed by atoms with E-state index < -0.39 is 0 Å². The summed E-state index contributed by atoms with van der Waals surface area (Å²) < 4.78 is 35.0. The maximum atomic E-state index is 4.74. The van der Waals surface area contributed by atoms with Gasteiger partial charge < -0.3 is 9.97 Å². The average Bonchev–Trinajstić information content (AvgIpc) is 3.67. The summed E-state index contributed by atoms with van der Waals surface area (Å²) in [5.41, 5.74) is 6.07. The highest BCUT2D eigenvalue weighted by Crippen LogP contribution is 2.42. The molecule has 0 radical (unpaired) electrons. The van der Waals surface area contributed by atoms with Crippen LogP contribution in [0.25, 0.3) is 45.4 Å². The lowest BCUT2D eigenvalue weighted by atomic mass is 10.3. The third kappa shape index (κ3) is 2.44. The molecule has 0 atom stereocenters. The molecule has 8 bridgehead atoms. The number of nitrogens with one attached hydrogen (secondary N) is 2. The Kier molecular flexibility index (Phi) is 3.47. The zero-order valence-corrected chi connectivity index (χ0v) is 20.2. The molecule has 0 saturated carbocycles. The van der Waals surface area contributed by atoms with Crippen molar-refractivity contribution in [2.45, 2.75) is 0 Å². The van der Waals surface area contributed by atoms with Crippen molar-refractivity contribution >= 4 is 114 Å². The molecule has 36 heavy (non-hydrogen) atoms. The summed E-state index contributed by atoms with van der Waals surface area (Å²) in [4.78, 5) is 34.3. The van der Waals surface area contributed by atoms with Crippen LogP contribution >= 0.6 is 0 Å². The average molecular weight is 547 g/mol. The molecule has 9 rings (SSSR count). The smallest absolute Gasteiger partial charge is 0.186 e. The SMILES string of the molecule is N1=S=NC2=C1c1nc3nc(nc4[nH]c(nc5[nH]c(nc2n1)c1c5N=S=N1)c1c4N=S=N1)C1=C3N=S=N1. The van der Waals surface area contributed by atoms with Gasteiger partial charge in [0.25, 0.3) is 0 Å². The van der Waals surface area contributed by atoms with Gasteiger partial charge in [-0.2, -0.15) is 34.9 Å². The second kappa shape index (κ2) is 6.63. The number of hydrogen-bond acceptors (Lipinski definition) is 14. The summed E-state index contributed by atoms with van der Waals surface area (Å²) in [6.45, 7) is 0. The van der Waals surface area contributed by atoms with Crippen molar-refractivity contribution in [2.75, 3.05) is 0 Å². The summed E-state index contributed by atoms with van der Waals surface area (Å²) in [7, 11) is 0. The summed E-state index contributed by atoms with van der Waals surface area (Å²) in [5, 5.41) is 0. The highest BCUT2D eigenvalue weighted by atomic mass is 32.1. The zero-order valence-electron chi connectivity index (χ0n) is 16.9. The number of aromatic amines is 2. The Balaban J connectivity index is 1.47. The van der Waals surface area contributed by atoms with Gasteiger partial charge in [0, 0.05) is 0 Å². The Morgan fingerprint density at radius 1 is 0.333 bits per heavy atom. The fourth-order valence-electron chi connectivity index (χ4n) is 3.90. The molecule has 20 heteroatoms. The van der Waals surface area contributed by atoms with Gasteiger partial charge in [-0.25, -0.2) is 29.9 Å². The molecule has 9 heterocycles. The van der Waals surface area contributed by atoms with E-state index in [1.54, 1.807) is 0 Å². The predicted molar refractivity (Wildman–Crippen MR) is 133 cm³/mol. The molecule has 0 spiro atoms. The lowest BCUT2D eigenvalue weighted by molar-refractivity contribution is 1.04. The van der Waals surface area contributed by atoms with Crippen molar-refractivity contribution in [3.8, 4) is 0 Å². The van der Waals surface area contributed by atoms with Crippen LogP contribution in [0.15, 0.2) is 34.9 Å². The first kappa shape index (κ1) is 18.9. The highest BCUT2D eigenvalue weighted by molar-refractivity contribution is 7.58. The molecule has 16 nitrogen and oxygen atoms in total. The van der Waals surface area contributed by atoms with Crippen LogP contribution in [0.1, 0.15) is 23.3 Å². The maximum absolute atomic E-state index is 4.74. The van der Waals surface area contributed by atoms with Crippen LogP contribution in [-0.4, -0.2) is 39.9 Å². The van der Waals surface area contributed by atoms with Crippen molar-refractivity contribution in [1.82, 2.24) is 39.9 Å². The predicted octanol–water partition coefficient (Wildman–Crippen LogP) is 3.93. The zero-order chi connectivity index (χ0) is 23.4. The molecule has 2 N–H and O–H groups in total. The first-order valence-corrected chi connectivity index (χ1v) is 12.9. The van der Waals surface area contributed by atoms with Crippen molar-refractivity contribution in [3.63, 3.8) is 0 Å². The summed E-state index contributed by atoms with van der Waals surface area (Å²) >= 11 is 4.22. The second-order valence-electron chi connectivity index (χ2n) is 7.46.